The topological polar surface area (TPSA) is 73.0 Å². The number of rotatable bonds is 1. The maximum absolute atomic E-state index is 10.9. The summed E-state index contributed by atoms with van der Waals surface area (Å²) in [4.78, 5) is 3.63. The Labute approximate surface area is 65.0 Å². The first kappa shape index (κ1) is 8.00. The van der Waals surface area contributed by atoms with Gasteiger partial charge in [-0.2, -0.15) is 0 Å². The summed E-state index contributed by atoms with van der Waals surface area (Å²) in [6, 6.07) is 4.50. The van der Waals surface area contributed by atoms with Gasteiger partial charge in [0.1, 0.15) is 5.82 Å². The number of aromatic nitrogens is 1. The highest BCUT2D eigenvalue weighted by Gasteiger charge is 2.07. The van der Waals surface area contributed by atoms with Crippen LogP contribution in [0.5, 0.6) is 0 Å². The molecule has 1 aromatic rings. The van der Waals surface area contributed by atoms with Crippen molar-refractivity contribution in [3.8, 4) is 0 Å². The third-order valence-electron chi connectivity index (χ3n) is 1.12. The molecule has 11 heavy (non-hydrogen) atoms. The molecule has 0 fully saturated rings. The molecule has 0 aromatic carbocycles. The summed E-state index contributed by atoms with van der Waals surface area (Å²) in [5, 5.41) is 0.0116. The summed E-state index contributed by atoms with van der Waals surface area (Å²) >= 11 is 0. The molecule has 0 aliphatic heterocycles. The van der Waals surface area contributed by atoms with Gasteiger partial charge in [-0.1, -0.05) is 6.07 Å². The lowest BCUT2D eigenvalue weighted by Gasteiger charge is -1.96. The van der Waals surface area contributed by atoms with Crippen molar-refractivity contribution in [3.63, 3.8) is 0 Å². The minimum Gasteiger partial charge on any atom is -0.384 e. The zero-order valence-corrected chi connectivity index (χ0v) is 6.80. The molecule has 60 valence electrons. The lowest BCUT2D eigenvalue weighted by atomic mass is 10.5. The molecule has 0 radical (unpaired) electrons. The maximum Gasteiger partial charge on any atom is 0.192 e. The first-order valence-electron chi connectivity index (χ1n) is 2.93. The molecule has 0 aliphatic rings. The van der Waals surface area contributed by atoms with Gasteiger partial charge in [0, 0.05) is 6.26 Å². The molecule has 4 nitrogen and oxygen atoms in total. The van der Waals surface area contributed by atoms with Crippen LogP contribution >= 0.6 is 0 Å². The van der Waals surface area contributed by atoms with Crippen LogP contribution in [0.4, 0.5) is 5.82 Å². The number of nitrogens with two attached hydrogens (primary N) is 1. The maximum atomic E-state index is 10.9. The van der Waals surface area contributed by atoms with E-state index in [-0.39, 0.29) is 10.8 Å². The highest BCUT2D eigenvalue weighted by atomic mass is 32.2. The fourth-order valence-corrected chi connectivity index (χ4v) is 1.23. The summed E-state index contributed by atoms with van der Waals surface area (Å²) < 4.78 is 21.7. The number of hydrogen-bond donors (Lipinski definition) is 1. The Morgan fingerprint density at radius 1 is 1.45 bits per heavy atom. The molecule has 1 rings (SSSR count). The van der Waals surface area contributed by atoms with Gasteiger partial charge < -0.3 is 5.73 Å². The average Bonchev–Trinajstić information content (AvgIpc) is 1.86. The summed E-state index contributed by atoms with van der Waals surface area (Å²) in [7, 11) is -3.22. The zero-order chi connectivity index (χ0) is 8.48. The highest BCUT2D eigenvalue weighted by molar-refractivity contribution is 7.90. The molecule has 0 saturated heterocycles. The summed E-state index contributed by atoms with van der Waals surface area (Å²) in [5.41, 5.74) is 5.28. The molecule has 0 atom stereocenters. The number of pyridine rings is 1. The number of nitrogens with zero attached hydrogens (tertiary/aromatic N) is 1. The number of sulfone groups is 1. The third-order valence-corrected chi connectivity index (χ3v) is 2.11. The smallest absolute Gasteiger partial charge is 0.192 e. The van der Waals surface area contributed by atoms with Crippen LogP contribution in [0.2, 0.25) is 0 Å². The van der Waals surface area contributed by atoms with E-state index < -0.39 is 9.84 Å². The van der Waals surface area contributed by atoms with E-state index in [0.717, 1.165) is 6.26 Å². The van der Waals surface area contributed by atoms with E-state index in [0.29, 0.717) is 0 Å². The first-order chi connectivity index (χ1) is 5.00. The van der Waals surface area contributed by atoms with Gasteiger partial charge in [-0.05, 0) is 12.1 Å². The zero-order valence-electron chi connectivity index (χ0n) is 5.98. The lowest BCUT2D eigenvalue weighted by molar-refractivity contribution is 0.598. The van der Waals surface area contributed by atoms with E-state index in [1.807, 2.05) is 0 Å². The van der Waals surface area contributed by atoms with Crippen molar-refractivity contribution < 1.29 is 8.42 Å². The lowest BCUT2D eigenvalue weighted by Crippen LogP contribution is -2.01. The molecule has 0 spiro atoms. The van der Waals surface area contributed by atoms with Crippen molar-refractivity contribution in [2.45, 2.75) is 5.03 Å². The van der Waals surface area contributed by atoms with Gasteiger partial charge in [-0.3, -0.25) is 0 Å². The van der Waals surface area contributed by atoms with E-state index >= 15 is 0 Å². The van der Waals surface area contributed by atoms with Crippen molar-refractivity contribution in [1.82, 2.24) is 4.98 Å². The highest BCUT2D eigenvalue weighted by Crippen LogP contribution is 2.06. The largest absolute Gasteiger partial charge is 0.384 e. The number of nitrogen functional groups attached to an aromatic ring is 1. The molecule has 2 N–H and O–H groups in total. The van der Waals surface area contributed by atoms with E-state index in [1.165, 1.54) is 12.1 Å². The molecule has 0 unspecified atom stereocenters. The van der Waals surface area contributed by atoms with Crippen LogP contribution in [0.1, 0.15) is 0 Å². The van der Waals surface area contributed by atoms with Crippen LogP contribution in [0, 0.1) is 0 Å². The predicted octanol–water partition coefficient (Wildman–Crippen LogP) is 0.0673. The second-order valence-corrected chi connectivity index (χ2v) is 4.14. The molecule has 5 heteroatoms. The SMILES string of the molecule is CS(=O)(=O)c1cccc(N)n1. The normalized spacial score (nSPS) is 11.4. The van der Waals surface area contributed by atoms with Crippen LogP contribution in [-0.4, -0.2) is 19.7 Å². The minimum atomic E-state index is -3.22. The van der Waals surface area contributed by atoms with Crippen molar-refractivity contribution in [3.05, 3.63) is 18.2 Å². The van der Waals surface area contributed by atoms with E-state index in [4.69, 9.17) is 5.73 Å². The van der Waals surface area contributed by atoms with Gasteiger partial charge in [-0.15, -0.1) is 0 Å². The average molecular weight is 172 g/mol. The molecule has 1 aromatic heterocycles. The molecule has 0 aliphatic carbocycles. The van der Waals surface area contributed by atoms with Gasteiger partial charge in [0.2, 0.25) is 0 Å². The van der Waals surface area contributed by atoms with E-state index in [2.05, 4.69) is 4.98 Å². The fraction of sp³-hybridized carbons (Fsp3) is 0.167. The van der Waals surface area contributed by atoms with Crippen molar-refractivity contribution in [2.24, 2.45) is 0 Å². The predicted molar refractivity (Wildman–Crippen MR) is 41.8 cm³/mol. The van der Waals surface area contributed by atoms with Crippen LogP contribution < -0.4 is 5.73 Å². The van der Waals surface area contributed by atoms with Crippen LogP contribution in [0.3, 0.4) is 0 Å². The third kappa shape index (κ3) is 1.91. The Kier molecular flexibility index (Phi) is 1.82. The molecule has 1 heterocycles. The number of anilines is 1. The van der Waals surface area contributed by atoms with E-state index in [9.17, 15) is 8.42 Å². The Hall–Kier alpha value is -1.10. The number of hydrogen-bond acceptors (Lipinski definition) is 4. The Bertz CT molecular complexity index is 359. The second-order valence-electron chi connectivity index (χ2n) is 2.17. The van der Waals surface area contributed by atoms with Crippen LogP contribution in [0.15, 0.2) is 23.2 Å². The van der Waals surface area contributed by atoms with E-state index in [1.54, 1.807) is 6.07 Å². The summed E-state index contributed by atoms with van der Waals surface area (Å²) in [5.74, 6) is 0.216. The second kappa shape index (κ2) is 2.50. The molecule has 0 amide bonds. The Balaban J connectivity index is 3.28. The Morgan fingerprint density at radius 3 is 2.45 bits per heavy atom. The van der Waals surface area contributed by atoms with Crippen molar-refractivity contribution in [2.75, 3.05) is 12.0 Å². The molecule has 0 saturated carbocycles. The summed E-state index contributed by atoms with van der Waals surface area (Å²) in [6.07, 6.45) is 1.09. The van der Waals surface area contributed by atoms with Crippen LogP contribution in [0.25, 0.3) is 0 Å². The fourth-order valence-electron chi connectivity index (χ4n) is 0.637. The van der Waals surface area contributed by atoms with Gasteiger partial charge in [0.05, 0.1) is 0 Å². The minimum absolute atomic E-state index is 0.0116. The molecule has 0 bridgehead atoms. The standard InChI is InChI=1S/C6H8N2O2S/c1-11(9,10)6-4-2-3-5(7)8-6/h2-4H,1H3,(H2,7,8). The summed E-state index contributed by atoms with van der Waals surface area (Å²) in [6.45, 7) is 0. The quantitative estimate of drug-likeness (QED) is 0.650. The van der Waals surface area contributed by atoms with Gasteiger partial charge in [-0.25, -0.2) is 13.4 Å². The first-order valence-corrected chi connectivity index (χ1v) is 4.82. The van der Waals surface area contributed by atoms with Crippen molar-refractivity contribution >= 4 is 15.7 Å². The van der Waals surface area contributed by atoms with Gasteiger partial charge in [0.25, 0.3) is 0 Å². The molecular formula is C6H8N2O2S. The monoisotopic (exact) mass is 172 g/mol. The van der Waals surface area contributed by atoms with Crippen molar-refractivity contribution in [1.29, 1.82) is 0 Å². The van der Waals surface area contributed by atoms with Gasteiger partial charge in [0.15, 0.2) is 14.9 Å². The molecular weight excluding hydrogens is 164 g/mol. The Morgan fingerprint density at radius 2 is 2.09 bits per heavy atom. The van der Waals surface area contributed by atoms with Gasteiger partial charge >= 0.3 is 0 Å². The van der Waals surface area contributed by atoms with Crippen LogP contribution in [-0.2, 0) is 9.84 Å².